The number of benzene rings is 1. The second kappa shape index (κ2) is 7.21. The summed E-state index contributed by atoms with van der Waals surface area (Å²) in [6.45, 7) is -0.737. The van der Waals surface area contributed by atoms with Crippen LogP contribution in [0.4, 0.5) is 0 Å². The van der Waals surface area contributed by atoms with Crippen LogP contribution in [0.1, 0.15) is 10.6 Å². The van der Waals surface area contributed by atoms with Crippen molar-refractivity contribution in [1.82, 2.24) is 0 Å². The molecule has 2 aromatic rings. The third kappa shape index (κ3) is 3.35. The number of aliphatic hydroxyl groups excluding tert-OH is 3. The second-order valence-corrected chi connectivity index (χ2v) is 5.86. The van der Waals surface area contributed by atoms with Gasteiger partial charge in [0.25, 0.3) is 0 Å². The number of phenolic OH excluding ortho intramolecular Hbond substituents is 2. The fourth-order valence-electron chi connectivity index (χ4n) is 2.62. The van der Waals surface area contributed by atoms with Gasteiger partial charge in [-0.25, -0.2) is 4.79 Å². The number of aromatic hydroxyl groups is 2. The number of carbonyl (C=O) groups is 2. The lowest BCUT2D eigenvalue weighted by Gasteiger charge is -2.18. The van der Waals surface area contributed by atoms with Crippen molar-refractivity contribution < 1.29 is 49.0 Å². The Morgan fingerprint density at radius 3 is 2.54 bits per heavy atom. The molecular formula is C17H14O11. The van der Waals surface area contributed by atoms with E-state index in [1.54, 1.807) is 0 Å². The smallest absolute Gasteiger partial charge is 0.374 e. The van der Waals surface area contributed by atoms with Crippen molar-refractivity contribution in [3.63, 3.8) is 0 Å². The predicted octanol–water partition coefficient (Wildman–Crippen LogP) is 0.0158. The summed E-state index contributed by atoms with van der Waals surface area (Å²) in [6.07, 6.45) is -4.38. The number of carbonyl (C=O) groups excluding carboxylic acids is 2. The Balaban J connectivity index is 1.75. The first kappa shape index (κ1) is 19.2. The zero-order chi connectivity index (χ0) is 20.6. The molecule has 5 N–H and O–H groups in total. The Hall–Kier alpha value is -3.57. The molecule has 0 aliphatic carbocycles. The molecule has 0 spiro atoms. The molecule has 2 heterocycles. The summed E-state index contributed by atoms with van der Waals surface area (Å²) < 4.78 is 14.9. The molecule has 0 saturated heterocycles. The molecule has 0 amide bonds. The molecule has 11 heteroatoms. The number of phenols is 2. The topological polar surface area (TPSA) is 184 Å². The van der Waals surface area contributed by atoms with Crippen LogP contribution in [0, 0.1) is 0 Å². The van der Waals surface area contributed by atoms with Crippen molar-refractivity contribution in [2.24, 2.45) is 0 Å². The lowest BCUT2D eigenvalue weighted by atomic mass is 10.2. The molecule has 28 heavy (non-hydrogen) atoms. The minimum Gasteiger partial charge on any atom is -0.508 e. The maximum Gasteiger partial charge on any atom is 0.374 e. The van der Waals surface area contributed by atoms with Crippen molar-refractivity contribution in [2.75, 3.05) is 6.61 Å². The van der Waals surface area contributed by atoms with Gasteiger partial charge >= 0.3 is 5.97 Å². The van der Waals surface area contributed by atoms with Gasteiger partial charge < -0.3 is 39.4 Å². The van der Waals surface area contributed by atoms with Crippen LogP contribution in [0.2, 0.25) is 0 Å². The number of esters is 1. The van der Waals surface area contributed by atoms with E-state index in [1.165, 1.54) is 0 Å². The Labute approximate surface area is 155 Å². The summed E-state index contributed by atoms with van der Waals surface area (Å²) in [6, 6.07) is 2.70. The molecule has 0 radical (unpaired) electrons. The summed E-state index contributed by atoms with van der Waals surface area (Å²) in [5.41, 5.74) is -1.04. The van der Waals surface area contributed by atoms with Gasteiger partial charge in [0, 0.05) is 18.2 Å². The first-order chi connectivity index (χ1) is 13.2. The molecule has 1 aromatic carbocycles. The van der Waals surface area contributed by atoms with E-state index in [0.29, 0.717) is 0 Å². The van der Waals surface area contributed by atoms with E-state index >= 15 is 0 Å². The van der Waals surface area contributed by atoms with Crippen molar-refractivity contribution in [1.29, 1.82) is 0 Å². The molecule has 3 atom stereocenters. The van der Waals surface area contributed by atoms with Gasteiger partial charge in [0.2, 0.25) is 5.76 Å². The van der Waals surface area contributed by atoms with Crippen LogP contribution >= 0.6 is 0 Å². The summed E-state index contributed by atoms with van der Waals surface area (Å²) in [7, 11) is 0. The molecule has 0 bridgehead atoms. The highest BCUT2D eigenvalue weighted by atomic mass is 16.6. The zero-order valence-electron chi connectivity index (χ0n) is 13.9. The maximum atomic E-state index is 12.1. The summed E-state index contributed by atoms with van der Waals surface area (Å²) in [5.74, 6) is -4.22. The van der Waals surface area contributed by atoms with E-state index in [2.05, 4.69) is 0 Å². The van der Waals surface area contributed by atoms with Gasteiger partial charge in [-0.2, -0.15) is 0 Å². The third-order valence-corrected chi connectivity index (χ3v) is 3.95. The number of ether oxygens (including phenoxy) is 2. The summed E-state index contributed by atoms with van der Waals surface area (Å²) in [5, 5.41) is 48.0. The average molecular weight is 394 g/mol. The molecule has 1 aromatic heterocycles. The van der Waals surface area contributed by atoms with Gasteiger partial charge in [-0.1, -0.05) is 0 Å². The van der Waals surface area contributed by atoms with Gasteiger partial charge in [-0.3, -0.25) is 9.59 Å². The normalized spacial score (nSPS) is 20.3. The van der Waals surface area contributed by atoms with Crippen LogP contribution in [0.3, 0.4) is 0 Å². The number of fused-ring (bicyclic) bond motifs is 1. The monoisotopic (exact) mass is 394 g/mol. The number of hydrogen-bond acceptors (Lipinski definition) is 11. The molecule has 3 unspecified atom stereocenters. The highest BCUT2D eigenvalue weighted by molar-refractivity contribution is 5.91. The van der Waals surface area contributed by atoms with Gasteiger partial charge in [0.05, 0.1) is 0 Å². The Morgan fingerprint density at radius 2 is 1.89 bits per heavy atom. The van der Waals surface area contributed by atoms with Crippen LogP contribution in [-0.2, 0) is 14.3 Å². The van der Waals surface area contributed by atoms with Crippen molar-refractivity contribution in [3.05, 3.63) is 45.7 Å². The average Bonchev–Trinajstić information content (AvgIpc) is 2.93. The number of hydrogen-bond donors (Lipinski definition) is 5. The molecule has 3 rings (SSSR count). The standard InChI is InChI=1S/C17H14O11/c18-4-12-14(23)15(24)16(28-12)9(22)5-26-17(25)11-3-8(21)13-7(20)1-6(19)2-10(13)27-11/h1-4,9,12,16,19-20,22-24H,5H2. The molecule has 11 nitrogen and oxygen atoms in total. The first-order valence-corrected chi connectivity index (χ1v) is 7.80. The largest absolute Gasteiger partial charge is 0.508 e. The Bertz CT molecular complexity index is 1040. The Kier molecular flexibility index (Phi) is 4.94. The molecule has 1 aliphatic rings. The van der Waals surface area contributed by atoms with E-state index < -0.39 is 65.1 Å². The Morgan fingerprint density at radius 1 is 1.18 bits per heavy atom. The molecule has 0 saturated carbocycles. The minimum absolute atomic E-state index is 0.207. The van der Waals surface area contributed by atoms with Crippen LogP contribution in [0.15, 0.2) is 38.9 Å². The van der Waals surface area contributed by atoms with E-state index in [-0.39, 0.29) is 17.3 Å². The van der Waals surface area contributed by atoms with Crippen molar-refractivity contribution in [3.8, 4) is 11.5 Å². The minimum atomic E-state index is -1.64. The number of aldehydes is 1. The van der Waals surface area contributed by atoms with Crippen LogP contribution in [-0.4, -0.2) is 62.7 Å². The van der Waals surface area contributed by atoms with Crippen LogP contribution in [0.5, 0.6) is 11.5 Å². The van der Waals surface area contributed by atoms with Crippen LogP contribution < -0.4 is 5.43 Å². The number of rotatable bonds is 5. The molecule has 0 fully saturated rings. The van der Waals surface area contributed by atoms with E-state index in [0.717, 1.165) is 18.2 Å². The van der Waals surface area contributed by atoms with Crippen molar-refractivity contribution >= 4 is 23.2 Å². The molecule has 148 valence electrons. The first-order valence-electron chi connectivity index (χ1n) is 7.80. The maximum absolute atomic E-state index is 12.1. The summed E-state index contributed by atoms with van der Waals surface area (Å²) >= 11 is 0. The van der Waals surface area contributed by atoms with Gasteiger partial charge in [0.15, 0.2) is 29.3 Å². The van der Waals surface area contributed by atoms with Gasteiger partial charge in [-0.15, -0.1) is 0 Å². The summed E-state index contributed by atoms with van der Waals surface area (Å²) in [4.78, 5) is 34.8. The quantitative estimate of drug-likeness (QED) is 0.340. The predicted molar refractivity (Wildman–Crippen MR) is 89.1 cm³/mol. The van der Waals surface area contributed by atoms with Gasteiger partial charge in [0.1, 0.15) is 41.3 Å². The highest BCUT2D eigenvalue weighted by Gasteiger charge is 2.39. The zero-order valence-corrected chi connectivity index (χ0v) is 13.9. The molecular weight excluding hydrogens is 380 g/mol. The van der Waals surface area contributed by atoms with E-state index in [4.69, 9.17) is 13.9 Å². The lowest BCUT2D eigenvalue weighted by molar-refractivity contribution is -0.122. The molecule has 1 aliphatic heterocycles. The van der Waals surface area contributed by atoms with Gasteiger partial charge in [-0.05, 0) is 0 Å². The fourth-order valence-corrected chi connectivity index (χ4v) is 2.62. The lowest BCUT2D eigenvalue weighted by Crippen LogP contribution is -2.34. The van der Waals surface area contributed by atoms with Crippen LogP contribution in [0.25, 0.3) is 11.0 Å². The third-order valence-electron chi connectivity index (χ3n) is 3.95. The highest BCUT2D eigenvalue weighted by Crippen LogP contribution is 2.28. The van der Waals surface area contributed by atoms with Crippen molar-refractivity contribution in [2.45, 2.75) is 18.3 Å². The number of aliphatic hydroxyl groups is 3. The fraction of sp³-hybridized carbons (Fsp3) is 0.235. The SMILES string of the molecule is O=CC1OC(C(O)COC(=O)c2cc(=O)c3c(O)cc(O)cc3o2)C(O)=C1O. The van der Waals surface area contributed by atoms with E-state index in [1.807, 2.05) is 0 Å². The van der Waals surface area contributed by atoms with E-state index in [9.17, 15) is 39.9 Å². The second-order valence-electron chi connectivity index (χ2n) is 5.86.